The molecule has 0 bridgehead atoms. The predicted molar refractivity (Wildman–Crippen MR) is 66.9 cm³/mol. The Bertz CT molecular complexity index is 240. The Kier molecular flexibility index (Phi) is 4.78. The molecular weight excluding hydrogens is 200 g/mol. The first-order valence-corrected chi connectivity index (χ1v) is 6.47. The number of hydrogen-bond donors (Lipinski definition) is 2. The number of nitrogens with two attached hydrogens (primary N) is 1. The van der Waals surface area contributed by atoms with Gasteiger partial charge in [0.25, 0.3) is 0 Å². The summed E-state index contributed by atoms with van der Waals surface area (Å²) < 4.78 is 0. The third-order valence-electron chi connectivity index (χ3n) is 4.15. The molecule has 1 saturated carbocycles. The lowest BCUT2D eigenvalue weighted by Gasteiger charge is -2.33. The minimum Gasteiger partial charge on any atom is -0.353 e. The van der Waals surface area contributed by atoms with E-state index in [0.717, 1.165) is 18.8 Å². The summed E-state index contributed by atoms with van der Waals surface area (Å²) in [7, 11) is 0. The Morgan fingerprint density at radius 1 is 1.25 bits per heavy atom. The van der Waals surface area contributed by atoms with Gasteiger partial charge in [-0.3, -0.25) is 4.79 Å². The molecule has 0 aliphatic heterocycles. The molecule has 94 valence electrons. The van der Waals surface area contributed by atoms with Crippen molar-refractivity contribution in [2.45, 2.75) is 59.0 Å². The molecule has 1 aliphatic carbocycles. The van der Waals surface area contributed by atoms with Gasteiger partial charge in [-0.15, -0.1) is 0 Å². The Morgan fingerprint density at radius 3 is 2.38 bits per heavy atom. The molecule has 0 heterocycles. The first-order valence-electron chi connectivity index (χ1n) is 6.47. The first-order chi connectivity index (χ1) is 7.41. The minimum atomic E-state index is -0.0883. The second-order valence-corrected chi connectivity index (χ2v) is 5.62. The van der Waals surface area contributed by atoms with E-state index < -0.39 is 0 Å². The van der Waals surface area contributed by atoms with Crippen LogP contribution in [0.5, 0.6) is 0 Å². The van der Waals surface area contributed by atoms with E-state index in [4.69, 9.17) is 5.73 Å². The lowest BCUT2D eigenvalue weighted by Crippen LogP contribution is -2.45. The normalized spacial score (nSPS) is 34.2. The van der Waals surface area contributed by atoms with Gasteiger partial charge in [0.05, 0.1) is 0 Å². The van der Waals surface area contributed by atoms with Gasteiger partial charge in [0.1, 0.15) is 0 Å². The van der Waals surface area contributed by atoms with E-state index >= 15 is 0 Å². The highest BCUT2D eigenvalue weighted by molar-refractivity contribution is 5.79. The summed E-state index contributed by atoms with van der Waals surface area (Å²) >= 11 is 0. The van der Waals surface area contributed by atoms with E-state index in [2.05, 4.69) is 19.2 Å². The number of hydrogen-bond acceptors (Lipinski definition) is 2. The first kappa shape index (κ1) is 13.5. The maximum absolute atomic E-state index is 11.8. The molecule has 0 radical (unpaired) electrons. The van der Waals surface area contributed by atoms with Gasteiger partial charge >= 0.3 is 0 Å². The minimum absolute atomic E-state index is 0.0695. The van der Waals surface area contributed by atoms with E-state index in [1.165, 1.54) is 6.42 Å². The monoisotopic (exact) mass is 226 g/mol. The summed E-state index contributed by atoms with van der Waals surface area (Å²) in [6, 6.07) is 0.292. The zero-order chi connectivity index (χ0) is 12.3. The van der Waals surface area contributed by atoms with Gasteiger partial charge in [-0.05, 0) is 38.0 Å². The van der Waals surface area contributed by atoms with Crippen LogP contribution in [0.15, 0.2) is 0 Å². The summed E-state index contributed by atoms with van der Waals surface area (Å²) in [5.41, 5.74) is 5.73. The third kappa shape index (κ3) is 3.48. The Hall–Kier alpha value is -0.570. The summed E-state index contributed by atoms with van der Waals surface area (Å²) in [6.07, 6.45) is 3.44. The maximum Gasteiger partial charge on any atom is 0.224 e. The topological polar surface area (TPSA) is 55.1 Å². The molecule has 3 heteroatoms. The fourth-order valence-electron chi connectivity index (χ4n) is 2.25. The quantitative estimate of drug-likeness (QED) is 0.772. The average Bonchev–Trinajstić information content (AvgIpc) is 2.22. The van der Waals surface area contributed by atoms with Crippen molar-refractivity contribution in [3.63, 3.8) is 0 Å². The van der Waals surface area contributed by atoms with E-state index in [9.17, 15) is 4.79 Å². The molecular formula is C13H26N2O. The molecule has 5 unspecified atom stereocenters. The highest BCUT2D eigenvalue weighted by Crippen LogP contribution is 2.29. The van der Waals surface area contributed by atoms with Crippen molar-refractivity contribution in [1.82, 2.24) is 5.32 Å². The van der Waals surface area contributed by atoms with Gasteiger partial charge in [-0.2, -0.15) is 0 Å². The van der Waals surface area contributed by atoms with Crippen molar-refractivity contribution in [3.05, 3.63) is 0 Å². The predicted octanol–water partition coefficient (Wildman–Crippen LogP) is 1.91. The summed E-state index contributed by atoms with van der Waals surface area (Å²) in [5, 5.41) is 3.13. The van der Waals surface area contributed by atoms with Crippen LogP contribution in [-0.2, 0) is 4.79 Å². The van der Waals surface area contributed by atoms with Crippen LogP contribution in [-0.4, -0.2) is 18.0 Å². The van der Waals surface area contributed by atoms with Crippen LogP contribution in [0, 0.1) is 17.8 Å². The van der Waals surface area contributed by atoms with Crippen molar-refractivity contribution in [1.29, 1.82) is 0 Å². The Morgan fingerprint density at radius 2 is 1.88 bits per heavy atom. The third-order valence-corrected chi connectivity index (χ3v) is 4.15. The molecule has 0 aromatic carbocycles. The number of carbonyl (C=O) groups excluding carboxylic acids is 1. The second kappa shape index (κ2) is 5.67. The van der Waals surface area contributed by atoms with E-state index in [1.807, 2.05) is 13.8 Å². The lowest BCUT2D eigenvalue weighted by molar-refractivity contribution is -0.126. The summed E-state index contributed by atoms with van der Waals surface area (Å²) in [4.78, 5) is 11.8. The zero-order valence-electron chi connectivity index (χ0n) is 11.0. The largest absolute Gasteiger partial charge is 0.353 e. The molecule has 0 aromatic rings. The average molecular weight is 226 g/mol. The molecule has 3 nitrogen and oxygen atoms in total. The van der Waals surface area contributed by atoms with Crippen LogP contribution in [0.2, 0.25) is 0 Å². The van der Waals surface area contributed by atoms with E-state index in [-0.39, 0.29) is 17.9 Å². The van der Waals surface area contributed by atoms with Crippen molar-refractivity contribution >= 4 is 5.91 Å². The standard InChI is InChI=1S/C13H26N2O/c1-8-5-6-12(7-9(8)2)15-13(16)10(3)11(4)14/h8-12H,5-7,14H2,1-4H3,(H,15,16). The number of carbonyl (C=O) groups is 1. The number of nitrogens with one attached hydrogen (secondary N) is 1. The molecule has 0 spiro atoms. The molecule has 1 aliphatic rings. The van der Waals surface area contributed by atoms with E-state index in [0.29, 0.717) is 12.0 Å². The van der Waals surface area contributed by atoms with Crippen molar-refractivity contribution < 1.29 is 4.79 Å². The highest BCUT2D eigenvalue weighted by Gasteiger charge is 2.27. The smallest absolute Gasteiger partial charge is 0.224 e. The molecule has 16 heavy (non-hydrogen) atoms. The van der Waals surface area contributed by atoms with Crippen molar-refractivity contribution in [2.75, 3.05) is 0 Å². The SMILES string of the molecule is CC(N)C(C)C(=O)NC1CCC(C)C(C)C1. The Balaban J connectivity index is 2.40. The fourth-order valence-corrected chi connectivity index (χ4v) is 2.25. The lowest BCUT2D eigenvalue weighted by atomic mass is 9.79. The molecule has 0 saturated heterocycles. The molecule has 3 N–H and O–H groups in total. The molecule has 1 rings (SSSR count). The van der Waals surface area contributed by atoms with Gasteiger partial charge in [-0.25, -0.2) is 0 Å². The molecule has 0 aromatic heterocycles. The van der Waals surface area contributed by atoms with Crippen molar-refractivity contribution in [3.8, 4) is 0 Å². The fraction of sp³-hybridized carbons (Fsp3) is 0.923. The van der Waals surface area contributed by atoms with Gasteiger partial charge in [-0.1, -0.05) is 20.8 Å². The number of amides is 1. The summed E-state index contributed by atoms with van der Waals surface area (Å²) in [6.45, 7) is 8.36. The van der Waals surface area contributed by atoms with Crippen molar-refractivity contribution in [2.24, 2.45) is 23.5 Å². The summed E-state index contributed by atoms with van der Waals surface area (Å²) in [5.74, 6) is 1.53. The van der Waals surface area contributed by atoms with Crippen LogP contribution in [0.1, 0.15) is 47.0 Å². The van der Waals surface area contributed by atoms with Crippen LogP contribution < -0.4 is 11.1 Å². The molecule has 1 fully saturated rings. The Labute approximate surface area is 99.2 Å². The van der Waals surface area contributed by atoms with Crippen LogP contribution in [0.4, 0.5) is 0 Å². The highest BCUT2D eigenvalue weighted by atomic mass is 16.1. The second-order valence-electron chi connectivity index (χ2n) is 5.62. The van der Waals surface area contributed by atoms with Crippen LogP contribution in [0.25, 0.3) is 0 Å². The number of rotatable bonds is 3. The van der Waals surface area contributed by atoms with Gasteiger partial charge in [0.2, 0.25) is 5.91 Å². The molecule has 1 amide bonds. The van der Waals surface area contributed by atoms with Crippen LogP contribution >= 0.6 is 0 Å². The van der Waals surface area contributed by atoms with Gasteiger partial charge < -0.3 is 11.1 Å². The van der Waals surface area contributed by atoms with Gasteiger partial charge in [0, 0.05) is 18.0 Å². The zero-order valence-corrected chi connectivity index (χ0v) is 11.0. The van der Waals surface area contributed by atoms with E-state index in [1.54, 1.807) is 0 Å². The van der Waals surface area contributed by atoms with Crippen LogP contribution in [0.3, 0.4) is 0 Å². The maximum atomic E-state index is 11.8. The molecule has 5 atom stereocenters. The van der Waals surface area contributed by atoms with Gasteiger partial charge in [0.15, 0.2) is 0 Å².